The van der Waals surface area contributed by atoms with E-state index in [1.165, 1.54) is 6.07 Å². The zero-order valence-electron chi connectivity index (χ0n) is 10.9. The number of carboxylic acid groups (broad SMARTS) is 1. The molecule has 1 amide bonds. The molecule has 4 N–H and O–H groups in total. The minimum atomic E-state index is -1.24. The van der Waals surface area contributed by atoms with Gasteiger partial charge in [-0.1, -0.05) is 29.8 Å². The van der Waals surface area contributed by atoms with Gasteiger partial charge in [-0.3, -0.25) is 4.79 Å². The number of carbonyl (C=O) groups is 2. The third-order valence-corrected chi connectivity index (χ3v) is 3.61. The van der Waals surface area contributed by atoms with E-state index in [1.54, 1.807) is 26.0 Å². The van der Waals surface area contributed by atoms with Crippen molar-refractivity contribution in [1.82, 2.24) is 5.32 Å². The molecule has 0 saturated carbocycles. The van der Waals surface area contributed by atoms with Crippen molar-refractivity contribution in [2.75, 3.05) is 5.73 Å². The predicted molar refractivity (Wildman–Crippen MR) is 77.0 cm³/mol. The smallest absolute Gasteiger partial charge is 0.329 e. The Kier molecular flexibility index (Phi) is 4.94. The maximum Gasteiger partial charge on any atom is 0.329 e. The number of carboxylic acids is 1. The highest BCUT2D eigenvalue weighted by molar-refractivity contribution is 9.10. The summed E-state index contributed by atoms with van der Waals surface area (Å²) in [6, 6.07) is 4.78. The van der Waals surface area contributed by atoms with Gasteiger partial charge in [-0.15, -0.1) is 0 Å². The molecule has 6 heteroatoms. The van der Waals surface area contributed by atoms with Crippen LogP contribution in [-0.2, 0) is 4.79 Å². The van der Waals surface area contributed by atoms with Crippen molar-refractivity contribution in [1.29, 1.82) is 0 Å². The first-order valence-electron chi connectivity index (χ1n) is 5.96. The zero-order valence-corrected chi connectivity index (χ0v) is 12.5. The van der Waals surface area contributed by atoms with Crippen molar-refractivity contribution < 1.29 is 14.7 Å². The van der Waals surface area contributed by atoms with E-state index in [-0.39, 0.29) is 0 Å². The molecule has 0 unspecified atom stereocenters. The third-order valence-electron chi connectivity index (χ3n) is 3.15. The Morgan fingerprint density at radius 3 is 2.32 bits per heavy atom. The first-order valence-corrected chi connectivity index (χ1v) is 6.76. The maximum atomic E-state index is 12.1. The first kappa shape index (κ1) is 15.5. The molecule has 1 rings (SSSR count). The molecule has 1 aromatic carbocycles. The second kappa shape index (κ2) is 6.06. The maximum absolute atomic E-state index is 12.1. The fraction of sp³-hybridized carbons (Fsp3) is 0.385. The van der Waals surface area contributed by atoms with Gasteiger partial charge in [0.1, 0.15) is 5.54 Å². The molecule has 0 heterocycles. The molecule has 0 aromatic heterocycles. The lowest BCUT2D eigenvalue weighted by Gasteiger charge is -2.28. The van der Waals surface area contributed by atoms with Crippen LogP contribution >= 0.6 is 15.9 Å². The van der Waals surface area contributed by atoms with Crippen LogP contribution in [0.4, 0.5) is 5.69 Å². The van der Waals surface area contributed by atoms with Crippen molar-refractivity contribution in [3.05, 3.63) is 28.2 Å². The van der Waals surface area contributed by atoms with Gasteiger partial charge in [-0.25, -0.2) is 4.79 Å². The van der Waals surface area contributed by atoms with Crippen LogP contribution in [0, 0.1) is 0 Å². The van der Waals surface area contributed by atoms with E-state index in [1.807, 2.05) is 0 Å². The van der Waals surface area contributed by atoms with E-state index in [2.05, 4.69) is 21.2 Å². The summed E-state index contributed by atoms with van der Waals surface area (Å²) in [7, 11) is 0. The van der Waals surface area contributed by atoms with Gasteiger partial charge in [0.05, 0.1) is 0 Å². The van der Waals surface area contributed by atoms with Crippen LogP contribution in [0.3, 0.4) is 0 Å². The fourth-order valence-corrected chi connectivity index (χ4v) is 2.33. The molecule has 0 aliphatic heterocycles. The molecule has 104 valence electrons. The lowest BCUT2D eigenvalue weighted by molar-refractivity contribution is -0.144. The highest BCUT2D eigenvalue weighted by Gasteiger charge is 2.36. The molecule has 0 aliphatic carbocycles. The van der Waals surface area contributed by atoms with E-state index in [9.17, 15) is 14.7 Å². The molecule has 5 nitrogen and oxygen atoms in total. The number of hydrogen-bond donors (Lipinski definition) is 3. The standard InChI is InChI=1S/C13H17BrN2O3/c1-3-13(4-2,12(18)19)16-11(17)8-5-9(14)7-10(15)6-8/h5-7H,3-4,15H2,1-2H3,(H,16,17)(H,18,19). The summed E-state index contributed by atoms with van der Waals surface area (Å²) in [5.74, 6) is -1.48. The van der Waals surface area contributed by atoms with E-state index >= 15 is 0 Å². The number of amides is 1. The van der Waals surface area contributed by atoms with Crippen molar-refractivity contribution in [3.63, 3.8) is 0 Å². The number of hydrogen-bond acceptors (Lipinski definition) is 3. The zero-order chi connectivity index (χ0) is 14.6. The minimum Gasteiger partial charge on any atom is -0.480 e. The Balaban J connectivity index is 3.03. The van der Waals surface area contributed by atoms with Crippen LogP contribution in [0.1, 0.15) is 37.0 Å². The molecule has 0 aliphatic rings. The van der Waals surface area contributed by atoms with E-state index in [0.29, 0.717) is 28.6 Å². The molecule has 19 heavy (non-hydrogen) atoms. The number of aliphatic carboxylic acids is 1. The normalized spacial score (nSPS) is 11.1. The summed E-state index contributed by atoms with van der Waals surface area (Å²) < 4.78 is 0.673. The highest BCUT2D eigenvalue weighted by atomic mass is 79.9. The summed E-state index contributed by atoms with van der Waals surface area (Å²) in [6.45, 7) is 3.46. The van der Waals surface area contributed by atoms with E-state index in [4.69, 9.17) is 5.73 Å². The van der Waals surface area contributed by atoms with Crippen molar-refractivity contribution in [3.8, 4) is 0 Å². The van der Waals surface area contributed by atoms with Gasteiger partial charge < -0.3 is 16.2 Å². The molecular weight excluding hydrogens is 312 g/mol. The van der Waals surface area contributed by atoms with Crippen LogP contribution in [0.5, 0.6) is 0 Å². The average Bonchev–Trinajstić information content (AvgIpc) is 2.34. The largest absolute Gasteiger partial charge is 0.480 e. The van der Waals surface area contributed by atoms with Gasteiger partial charge in [-0.05, 0) is 31.0 Å². The Bertz CT molecular complexity index is 478. The van der Waals surface area contributed by atoms with Gasteiger partial charge >= 0.3 is 5.97 Å². The monoisotopic (exact) mass is 328 g/mol. The predicted octanol–water partition coefficient (Wildman–Crippen LogP) is 2.40. The van der Waals surface area contributed by atoms with Crippen molar-refractivity contribution in [2.45, 2.75) is 32.2 Å². The van der Waals surface area contributed by atoms with Crippen LogP contribution in [0.2, 0.25) is 0 Å². The lowest BCUT2D eigenvalue weighted by atomic mass is 9.92. The fourth-order valence-electron chi connectivity index (χ4n) is 1.82. The van der Waals surface area contributed by atoms with Crippen LogP contribution in [0.25, 0.3) is 0 Å². The quantitative estimate of drug-likeness (QED) is 0.723. The molecule has 1 aromatic rings. The third kappa shape index (κ3) is 3.47. The summed E-state index contributed by atoms with van der Waals surface area (Å²) in [6.07, 6.45) is 0.627. The Morgan fingerprint density at radius 1 is 1.32 bits per heavy atom. The first-order chi connectivity index (χ1) is 8.84. The van der Waals surface area contributed by atoms with Gasteiger partial charge in [0.2, 0.25) is 0 Å². The lowest BCUT2D eigenvalue weighted by Crippen LogP contribution is -2.53. The Labute approximate surface area is 120 Å². The Morgan fingerprint density at radius 2 is 1.89 bits per heavy atom. The highest BCUT2D eigenvalue weighted by Crippen LogP contribution is 2.20. The SMILES string of the molecule is CCC(CC)(NC(=O)c1cc(N)cc(Br)c1)C(=O)O. The minimum absolute atomic E-state index is 0.314. The summed E-state index contributed by atoms with van der Waals surface area (Å²) in [5.41, 5.74) is 5.19. The van der Waals surface area contributed by atoms with Crippen LogP contribution < -0.4 is 11.1 Å². The van der Waals surface area contributed by atoms with Gasteiger partial charge in [-0.2, -0.15) is 0 Å². The van der Waals surface area contributed by atoms with Crippen LogP contribution in [0.15, 0.2) is 22.7 Å². The molecular formula is C13H17BrN2O3. The molecule has 0 atom stereocenters. The number of carbonyl (C=O) groups excluding carboxylic acids is 1. The molecule has 0 bridgehead atoms. The van der Waals surface area contributed by atoms with Crippen molar-refractivity contribution >= 4 is 33.5 Å². The number of halogens is 1. The van der Waals surface area contributed by atoms with E-state index < -0.39 is 17.4 Å². The van der Waals surface area contributed by atoms with E-state index in [0.717, 1.165) is 0 Å². The number of rotatable bonds is 5. The molecule has 0 radical (unpaired) electrons. The molecule has 0 spiro atoms. The number of anilines is 1. The topological polar surface area (TPSA) is 92.4 Å². The van der Waals surface area contributed by atoms with Gasteiger partial charge in [0.25, 0.3) is 5.91 Å². The Hall–Kier alpha value is -1.56. The number of nitrogen functional groups attached to an aromatic ring is 1. The molecule has 0 saturated heterocycles. The second-order valence-corrected chi connectivity index (χ2v) is 5.24. The number of nitrogens with one attached hydrogen (secondary N) is 1. The van der Waals surface area contributed by atoms with Gasteiger partial charge in [0.15, 0.2) is 0 Å². The molecule has 0 fully saturated rings. The van der Waals surface area contributed by atoms with Crippen molar-refractivity contribution in [2.24, 2.45) is 0 Å². The second-order valence-electron chi connectivity index (χ2n) is 4.32. The summed E-state index contributed by atoms with van der Waals surface area (Å²) in [4.78, 5) is 23.5. The van der Waals surface area contributed by atoms with Crippen LogP contribution in [-0.4, -0.2) is 22.5 Å². The summed E-state index contributed by atoms with van der Waals surface area (Å²) in [5, 5.41) is 11.9. The average molecular weight is 329 g/mol. The van der Waals surface area contributed by atoms with Gasteiger partial charge in [0, 0.05) is 15.7 Å². The number of benzene rings is 1. The number of nitrogens with two attached hydrogens (primary N) is 1. The summed E-state index contributed by atoms with van der Waals surface area (Å²) >= 11 is 3.25.